The van der Waals surface area contributed by atoms with Gasteiger partial charge < -0.3 is 20.1 Å². The number of para-hydroxylation sites is 1. The van der Waals surface area contributed by atoms with Crippen molar-refractivity contribution < 1.29 is 19.1 Å². The molecule has 2 aromatic carbocycles. The summed E-state index contributed by atoms with van der Waals surface area (Å²) in [6.45, 7) is 3.63. The van der Waals surface area contributed by atoms with Crippen LogP contribution in [-0.4, -0.2) is 38.7 Å². The molecule has 0 saturated carbocycles. The van der Waals surface area contributed by atoms with Gasteiger partial charge in [0.25, 0.3) is 0 Å². The van der Waals surface area contributed by atoms with E-state index in [1.165, 1.54) is 0 Å². The Morgan fingerprint density at radius 1 is 1.03 bits per heavy atom. The van der Waals surface area contributed by atoms with E-state index < -0.39 is 11.8 Å². The van der Waals surface area contributed by atoms with Gasteiger partial charge in [0.15, 0.2) is 0 Å². The van der Waals surface area contributed by atoms with Gasteiger partial charge >= 0.3 is 11.8 Å². The lowest BCUT2D eigenvalue weighted by Gasteiger charge is -2.38. The maximum Gasteiger partial charge on any atom is 0.313 e. The predicted octanol–water partition coefficient (Wildman–Crippen LogP) is 3.06. The average Bonchev–Trinajstić information content (AvgIpc) is 2.78. The van der Waals surface area contributed by atoms with Gasteiger partial charge in [-0.15, -0.1) is 0 Å². The molecule has 1 aliphatic heterocycles. The number of ether oxygens (including phenoxy) is 2. The zero-order chi connectivity index (χ0) is 20.7. The van der Waals surface area contributed by atoms with Crippen molar-refractivity contribution >= 4 is 17.5 Å². The van der Waals surface area contributed by atoms with Gasteiger partial charge in [-0.1, -0.05) is 37.3 Å². The van der Waals surface area contributed by atoms with Crippen LogP contribution in [0.5, 0.6) is 5.75 Å². The van der Waals surface area contributed by atoms with Crippen molar-refractivity contribution in [1.82, 2.24) is 5.32 Å². The van der Waals surface area contributed by atoms with Gasteiger partial charge in [-0.25, -0.2) is 0 Å². The van der Waals surface area contributed by atoms with Crippen molar-refractivity contribution in [2.45, 2.75) is 31.6 Å². The van der Waals surface area contributed by atoms with Crippen molar-refractivity contribution in [3.05, 3.63) is 59.7 Å². The topological polar surface area (TPSA) is 76.7 Å². The minimum Gasteiger partial charge on any atom is -0.497 e. The van der Waals surface area contributed by atoms with Gasteiger partial charge in [-0.05, 0) is 48.6 Å². The van der Waals surface area contributed by atoms with Gasteiger partial charge in [0.05, 0.1) is 7.11 Å². The molecule has 0 unspecified atom stereocenters. The smallest absolute Gasteiger partial charge is 0.313 e. The zero-order valence-corrected chi connectivity index (χ0v) is 17.0. The molecule has 154 valence electrons. The molecule has 0 aliphatic carbocycles. The molecule has 0 atom stereocenters. The summed E-state index contributed by atoms with van der Waals surface area (Å²) in [7, 11) is 1.63. The normalized spacial score (nSPS) is 15.4. The molecule has 6 nitrogen and oxygen atoms in total. The highest BCUT2D eigenvalue weighted by Gasteiger charge is 2.35. The van der Waals surface area contributed by atoms with Crippen molar-refractivity contribution in [3.63, 3.8) is 0 Å². The second-order valence-corrected chi connectivity index (χ2v) is 7.27. The van der Waals surface area contributed by atoms with E-state index in [-0.39, 0.29) is 5.41 Å². The number of anilines is 1. The quantitative estimate of drug-likeness (QED) is 0.736. The molecule has 1 aliphatic rings. The number of aryl methyl sites for hydroxylation is 1. The van der Waals surface area contributed by atoms with E-state index in [2.05, 4.69) is 10.6 Å². The third kappa shape index (κ3) is 4.95. The summed E-state index contributed by atoms with van der Waals surface area (Å²) in [6, 6.07) is 15.4. The maximum absolute atomic E-state index is 12.5. The maximum atomic E-state index is 12.5. The number of methoxy groups -OCH3 is 1. The average molecular weight is 396 g/mol. The van der Waals surface area contributed by atoms with Crippen LogP contribution in [0.1, 0.15) is 30.9 Å². The van der Waals surface area contributed by atoms with Gasteiger partial charge in [0.2, 0.25) is 0 Å². The summed E-state index contributed by atoms with van der Waals surface area (Å²) in [5, 5.41) is 5.56. The van der Waals surface area contributed by atoms with Crippen LogP contribution in [0.3, 0.4) is 0 Å². The van der Waals surface area contributed by atoms with E-state index in [0.29, 0.717) is 25.4 Å². The predicted molar refractivity (Wildman–Crippen MR) is 112 cm³/mol. The number of benzene rings is 2. The van der Waals surface area contributed by atoms with Gasteiger partial charge in [0, 0.05) is 30.9 Å². The third-order valence-corrected chi connectivity index (χ3v) is 5.59. The molecule has 1 saturated heterocycles. The molecule has 0 bridgehead atoms. The largest absolute Gasteiger partial charge is 0.497 e. The second-order valence-electron chi connectivity index (χ2n) is 7.27. The molecule has 29 heavy (non-hydrogen) atoms. The molecule has 0 aromatic heterocycles. The third-order valence-electron chi connectivity index (χ3n) is 5.59. The molecule has 0 radical (unpaired) electrons. The van der Waals surface area contributed by atoms with Crippen LogP contribution < -0.4 is 15.4 Å². The Bertz CT molecular complexity index is 842. The lowest BCUT2D eigenvalue weighted by atomic mass is 9.74. The van der Waals surface area contributed by atoms with E-state index >= 15 is 0 Å². The summed E-state index contributed by atoms with van der Waals surface area (Å²) in [6.07, 6.45) is 2.33. The molecule has 1 fully saturated rings. The fourth-order valence-electron chi connectivity index (χ4n) is 3.73. The molecule has 1 heterocycles. The van der Waals surface area contributed by atoms with Crippen LogP contribution >= 0.6 is 0 Å². The second kappa shape index (κ2) is 9.56. The number of carbonyl (C=O) groups is 2. The molecule has 3 rings (SSSR count). The highest BCUT2D eigenvalue weighted by molar-refractivity contribution is 6.39. The number of amides is 2. The summed E-state index contributed by atoms with van der Waals surface area (Å²) < 4.78 is 10.8. The van der Waals surface area contributed by atoms with Crippen molar-refractivity contribution in [1.29, 1.82) is 0 Å². The van der Waals surface area contributed by atoms with Crippen LogP contribution in [0.15, 0.2) is 48.5 Å². The molecular formula is C23H28N2O4. The Morgan fingerprint density at radius 3 is 2.38 bits per heavy atom. The van der Waals surface area contributed by atoms with Gasteiger partial charge in [-0.2, -0.15) is 0 Å². The zero-order valence-electron chi connectivity index (χ0n) is 17.0. The van der Waals surface area contributed by atoms with Crippen molar-refractivity contribution in [2.75, 3.05) is 32.2 Å². The van der Waals surface area contributed by atoms with E-state index in [4.69, 9.17) is 9.47 Å². The summed E-state index contributed by atoms with van der Waals surface area (Å²) >= 11 is 0. The van der Waals surface area contributed by atoms with Crippen LogP contribution in [0.25, 0.3) is 0 Å². The Hall–Kier alpha value is -2.86. The SMILES string of the molecule is CCc1ccccc1NC(=O)C(=O)NCC1(c2ccc(OC)cc2)CCOCC1. The Balaban J connectivity index is 1.68. The molecule has 2 aromatic rings. The molecule has 6 heteroatoms. The first kappa shape index (κ1) is 20.9. The van der Waals surface area contributed by atoms with Crippen LogP contribution in [0.2, 0.25) is 0 Å². The number of carbonyl (C=O) groups excluding carboxylic acids is 2. The Morgan fingerprint density at radius 2 is 1.72 bits per heavy atom. The van der Waals surface area contributed by atoms with Crippen LogP contribution in [0, 0.1) is 0 Å². The molecule has 2 amide bonds. The lowest BCUT2D eigenvalue weighted by Crippen LogP contribution is -2.47. The van der Waals surface area contributed by atoms with E-state index in [9.17, 15) is 9.59 Å². The van der Waals surface area contributed by atoms with E-state index in [0.717, 1.165) is 36.1 Å². The first-order valence-electron chi connectivity index (χ1n) is 9.97. The first-order valence-corrected chi connectivity index (χ1v) is 9.97. The summed E-state index contributed by atoms with van der Waals surface area (Å²) in [5.41, 5.74) is 2.51. The monoisotopic (exact) mass is 396 g/mol. The van der Waals surface area contributed by atoms with Gasteiger partial charge in [0.1, 0.15) is 5.75 Å². The van der Waals surface area contributed by atoms with Crippen LogP contribution in [0.4, 0.5) is 5.69 Å². The highest BCUT2D eigenvalue weighted by atomic mass is 16.5. The Labute approximate surface area is 171 Å². The van der Waals surface area contributed by atoms with E-state index in [1.54, 1.807) is 13.2 Å². The number of hydrogen-bond donors (Lipinski definition) is 2. The minimum absolute atomic E-state index is 0.262. The van der Waals surface area contributed by atoms with Gasteiger partial charge in [-0.3, -0.25) is 9.59 Å². The fraction of sp³-hybridized carbons (Fsp3) is 0.391. The van der Waals surface area contributed by atoms with E-state index in [1.807, 2.05) is 49.4 Å². The van der Waals surface area contributed by atoms with Crippen molar-refractivity contribution in [2.24, 2.45) is 0 Å². The molecular weight excluding hydrogens is 368 g/mol. The summed E-state index contributed by atoms with van der Waals surface area (Å²) in [4.78, 5) is 24.9. The molecule has 2 N–H and O–H groups in total. The lowest BCUT2D eigenvalue weighted by molar-refractivity contribution is -0.136. The standard InChI is InChI=1S/C23H28N2O4/c1-3-17-6-4-5-7-20(17)25-22(27)21(26)24-16-23(12-14-29-15-13-23)18-8-10-19(28-2)11-9-18/h4-11H,3,12-16H2,1-2H3,(H,24,26)(H,25,27). The number of hydrogen-bond acceptors (Lipinski definition) is 4. The number of nitrogens with one attached hydrogen (secondary N) is 2. The summed E-state index contributed by atoms with van der Waals surface area (Å²) in [5.74, 6) is -0.493. The first-order chi connectivity index (χ1) is 14.1. The van der Waals surface area contributed by atoms with Crippen LogP contribution in [-0.2, 0) is 26.2 Å². The fourth-order valence-corrected chi connectivity index (χ4v) is 3.73. The minimum atomic E-state index is -0.650. The molecule has 0 spiro atoms. The number of rotatable bonds is 6. The highest BCUT2D eigenvalue weighted by Crippen LogP contribution is 2.35. The Kier molecular flexibility index (Phi) is 6.88. The van der Waals surface area contributed by atoms with Crippen molar-refractivity contribution in [3.8, 4) is 5.75 Å².